The first-order valence-electron chi connectivity index (χ1n) is 8.24. The Labute approximate surface area is 165 Å². The summed E-state index contributed by atoms with van der Waals surface area (Å²) < 4.78 is 6.16. The zero-order chi connectivity index (χ0) is 18.7. The fraction of sp³-hybridized carbons (Fsp3) is 0.263. The monoisotopic (exact) mass is 436 g/mol. The molecule has 2 aromatic carbocycles. The molecule has 7 heteroatoms. The van der Waals surface area contributed by atoms with E-state index in [0.29, 0.717) is 40.7 Å². The summed E-state index contributed by atoms with van der Waals surface area (Å²) in [6, 6.07) is 10.3. The molecular formula is C19H18BrClN2O3. The van der Waals surface area contributed by atoms with E-state index in [1.165, 1.54) is 0 Å². The summed E-state index contributed by atoms with van der Waals surface area (Å²) in [5.41, 5.74) is 1.60. The van der Waals surface area contributed by atoms with E-state index >= 15 is 0 Å². The lowest BCUT2D eigenvalue weighted by Gasteiger charge is -2.28. The van der Waals surface area contributed by atoms with Gasteiger partial charge >= 0.3 is 0 Å². The van der Waals surface area contributed by atoms with Crippen LogP contribution in [0.3, 0.4) is 0 Å². The molecule has 1 aliphatic rings. The number of benzene rings is 2. The van der Waals surface area contributed by atoms with Crippen molar-refractivity contribution in [3.8, 4) is 5.75 Å². The van der Waals surface area contributed by atoms with Crippen molar-refractivity contribution in [3.05, 3.63) is 51.5 Å². The molecule has 1 saturated heterocycles. The number of halogens is 2. The Morgan fingerprint density at radius 2 is 2.04 bits per heavy atom. The Kier molecular flexibility index (Phi) is 5.84. The standard InChI is InChI=1S/C19H18BrClN2O3/c1-26-17-8-6-13(11-16(17)23-9-3-2-4-18(23)24)22-19(25)14-10-12(20)5-7-15(14)21/h5-8,10-11H,2-4,9H2,1H3,(H,22,25). The van der Waals surface area contributed by atoms with E-state index in [4.69, 9.17) is 16.3 Å². The molecule has 0 bridgehead atoms. The molecule has 1 N–H and O–H groups in total. The van der Waals surface area contributed by atoms with Crippen LogP contribution in [0.5, 0.6) is 5.75 Å². The summed E-state index contributed by atoms with van der Waals surface area (Å²) >= 11 is 9.46. The van der Waals surface area contributed by atoms with Crippen LogP contribution < -0.4 is 15.0 Å². The molecule has 0 radical (unpaired) electrons. The first-order valence-corrected chi connectivity index (χ1v) is 9.41. The second-order valence-corrected chi connectivity index (χ2v) is 7.29. The number of hydrogen-bond donors (Lipinski definition) is 1. The predicted molar refractivity (Wildman–Crippen MR) is 106 cm³/mol. The molecule has 136 valence electrons. The average Bonchev–Trinajstić information content (AvgIpc) is 2.64. The van der Waals surface area contributed by atoms with Gasteiger partial charge < -0.3 is 15.0 Å². The van der Waals surface area contributed by atoms with Gasteiger partial charge in [-0.1, -0.05) is 27.5 Å². The van der Waals surface area contributed by atoms with Crippen LogP contribution in [0.15, 0.2) is 40.9 Å². The minimum atomic E-state index is -0.322. The van der Waals surface area contributed by atoms with Gasteiger partial charge in [-0.05, 0) is 49.2 Å². The van der Waals surface area contributed by atoms with E-state index in [1.807, 2.05) is 0 Å². The van der Waals surface area contributed by atoms with E-state index in [-0.39, 0.29) is 11.8 Å². The van der Waals surface area contributed by atoms with Gasteiger partial charge in [0, 0.05) is 23.1 Å². The van der Waals surface area contributed by atoms with Crippen molar-refractivity contribution in [2.24, 2.45) is 0 Å². The minimum Gasteiger partial charge on any atom is -0.495 e. The van der Waals surface area contributed by atoms with Crippen LogP contribution in [0.25, 0.3) is 0 Å². The van der Waals surface area contributed by atoms with Crippen LogP contribution in [-0.2, 0) is 4.79 Å². The highest BCUT2D eigenvalue weighted by Gasteiger charge is 2.23. The van der Waals surface area contributed by atoms with Gasteiger partial charge in [0.2, 0.25) is 5.91 Å². The van der Waals surface area contributed by atoms with Crippen LogP contribution in [0.2, 0.25) is 5.02 Å². The van der Waals surface area contributed by atoms with Gasteiger partial charge in [-0.25, -0.2) is 0 Å². The molecule has 0 saturated carbocycles. The highest BCUT2D eigenvalue weighted by atomic mass is 79.9. The van der Waals surface area contributed by atoms with E-state index in [0.717, 1.165) is 17.3 Å². The Morgan fingerprint density at radius 3 is 2.77 bits per heavy atom. The van der Waals surface area contributed by atoms with Crippen molar-refractivity contribution in [2.45, 2.75) is 19.3 Å². The van der Waals surface area contributed by atoms with Gasteiger partial charge in [0.1, 0.15) is 5.75 Å². The van der Waals surface area contributed by atoms with Gasteiger partial charge in [0.15, 0.2) is 0 Å². The van der Waals surface area contributed by atoms with Gasteiger partial charge in [0.25, 0.3) is 5.91 Å². The predicted octanol–water partition coefficient (Wildman–Crippen LogP) is 4.88. The Hall–Kier alpha value is -2.05. The molecule has 1 heterocycles. The molecule has 2 amide bonds. The Morgan fingerprint density at radius 1 is 1.23 bits per heavy atom. The first-order chi connectivity index (χ1) is 12.5. The molecule has 0 aromatic heterocycles. The van der Waals surface area contributed by atoms with Gasteiger partial charge in [0.05, 0.1) is 23.4 Å². The van der Waals surface area contributed by atoms with Crippen LogP contribution in [-0.4, -0.2) is 25.5 Å². The van der Waals surface area contributed by atoms with Crippen molar-refractivity contribution in [1.29, 1.82) is 0 Å². The van der Waals surface area contributed by atoms with Crippen molar-refractivity contribution in [3.63, 3.8) is 0 Å². The van der Waals surface area contributed by atoms with Crippen LogP contribution in [0.4, 0.5) is 11.4 Å². The van der Waals surface area contributed by atoms with E-state index in [9.17, 15) is 9.59 Å². The molecule has 0 aliphatic carbocycles. The molecular weight excluding hydrogens is 420 g/mol. The average molecular weight is 438 g/mol. The summed E-state index contributed by atoms with van der Waals surface area (Å²) in [4.78, 5) is 26.5. The lowest BCUT2D eigenvalue weighted by molar-refractivity contribution is -0.119. The Bertz CT molecular complexity index is 857. The van der Waals surface area contributed by atoms with E-state index in [2.05, 4.69) is 21.2 Å². The number of carbonyl (C=O) groups is 2. The highest BCUT2D eigenvalue weighted by molar-refractivity contribution is 9.10. The second-order valence-electron chi connectivity index (χ2n) is 5.97. The summed E-state index contributed by atoms with van der Waals surface area (Å²) in [7, 11) is 1.56. The number of hydrogen-bond acceptors (Lipinski definition) is 3. The third-order valence-corrected chi connectivity index (χ3v) is 5.05. The summed E-state index contributed by atoms with van der Waals surface area (Å²) in [5.74, 6) is 0.337. The topological polar surface area (TPSA) is 58.6 Å². The van der Waals surface area contributed by atoms with Crippen molar-refractivity contribution < 1.29 is 14.3 Å². The molecule has 0 atom stereocenters. The van der Waals surface area contributed by atoms with Gasteiger partial charge in [-0.3, -0.25) is 9.59 Å². The lowest BCUT2D eigenvalue weighted by Crippen LogP contribution is -2.35. The third-order valence-electron chi connectivity index (χ3n) is 4.22. The number of piperidine rings is 1. The largest absolute Gasteiger partial charge is 0.495 e. The normalized spacial score (nSPS) is 14.3. The van der Waals surface area contributed by atoms with Crippen molar-refractivity contribution in [2.75, 3.05) is 23.9 Å². The summed E-state index contributed by atoms with van der Waals surface area (Å²) in [6.45, 7) is 0.643. The first kappa shape index (κ1) is 18.7. The quantitative estimate of drug-likeness (QED) is 0.741. The molecule has 3 rings (SSSR count). The fourth-order valence-corrected chi connectivity index (χ4v) is 3.47. The Balaban J connectivity index is 1.89. The number of carbonyl (C=O) groups excluding carboxylic acids is 2. The number of anilines is 2. The van der Waals surface area contributed by atoms with Crippen LogP contribution >= 0.6 is 27.5 Å². The lowest BCUT2D eigenvalue weighted by atomic mass is 10.1. The molecule has 26 heavy (non-hydrogen) atoms. The third kappa shape index (κ3) is 4.02. The molecule has 1 aliphatic heterocycles. The smallest absolute Gasteiger partial charge is 0.257 e. The molecule has 0 spiro atoms. The number of methoxy groups -OCH3 is 1. The zero-order valence-electron chi connectivity index (χ0n) is 14.2. The molecule has 2 aromatic rings. The van der Waals surface area contributed by atoms with Crippen molar-refractivity contribution in [1.82, 2.24) is 0 Å². The van der Waals surface area contributed by atoms with Gasteiger partial charge in [-0.15, -0.1) is 0 Å². The van der Waals surface area contributed by atoms with E-state index < -0.39 is 0 Å². The SMILES string of the molecule is COc1ccc(NC(=O)c2cc(Br)ccc2Cl)cc1N1CCCCC1=O. The van der Waals surface area contributed by atoms with Crippen LogP contribution in [0.1, 0.15) is 29.6 Å². The maximum Gasteiger partial charge on any atom is 0.257 e. The van der Waals surface area contributed by atoms with E-state index in [1.54, 1.807) is 48.4 Å². The number of nitrogens with one attached hydrogen (secondary N) is 1. The number of nitrogens with zero attached hydrogens (tertiary/aromatic N) is 1. The molecule has 0 unspecified atom stereocenters. The molecule has 1 fully saturated rings. The number of ether oxygens (including phenoxy) is 1. The molecule has 5 nitrogen and oxygen atoms in total. The minimum absolute atomic E-state index is 0.0630. The zero-order valence-corrected chi connectivity index (χ0v) is 16.6. The maximum absolute atomic E-state index is 12.6. The maximum atomic E-state index is 12.6. The van der Waals surface area contributed by atoms with Crippen molar-refractivity contribution >= 4 is 50.7 Å². The van der Waals surface area contributed by atoms with Crippen LogP contribution in [0, 0.1) is 0 Å². The number of rotatable bonds is 4. The highest BCUT2D eigenvalue weighted by Crippen LogP contribution is 2.34. The summed E-state index contributed by atoms with van der Waals surface area (Å²) in [5, 5.41) is 3.20. The second kappa shape index (κ2) is 8.10. The van der Waals surface area contributed by atoms with Gasteiger partial charge in [-0.2, -0.15) is 0 Å². The fourth-order valence-electron chi connectivity index (χ4n) is 2.91. The summed E-state index contributed by atoms with van der Waals surface area (Å²) in [6.07, 6.45) is 2.36. The number of amides is 2.